The van der Waals surface area contributed by atoms with Crippen LogP contribution in [0.25, 0.3) is 0 Å². The first-order valence-electron chi connectivity index (χ1n) is 6.81. The van der Waals surface area contributed by atoms with Crippen molar-refractivity contribution in [3.8, 4) is 0 Å². The molecular weight excluding hydrogens is 333 g/mol. The number of hydrogen-bond acceptors (Lipinski definition) is 2. The fourth-order valence-electron chi connectivity index (χ4n) is 2.04. The van der Waals surface area contributed by atoms with Gasteiger partial charge >= 0.3 is 0 Å². The lowest BCUT2D eigenvalue weighted by atomic mass is 10.1. The van der Waals surface area contributed by atoms with E-state index in [-0.39, 0.29) is 11.9 Å². The van der Waals surface area contributed by atoms with Gasteiger partial charge in [-0.3, -0.25) is 0 Å². The standard InChI is InChI=1S/C17H19BrFNO/c1-20(2)11-17(14-5-9-16(19)10-6-14)21-12-13-3-7-15(18)8-4-13/h3-10,17H,11-12H2,1-2H3. The fourth-order valence-corrected chi connectivity index (χ4v) is 2.31. The first kappa shape index (κ1) is 16.1. The van der Waals surface area contributed by atoms with Crippen LogP contribution in [0.5, 0.6) is 0 Å². The van der Waals surface area contributed by atoms with Gasteiger partial charge in [0.25, 0.3) is 0 Å². The summed E-state index contributed by atoms with van der Waals surface area (Å²) >= 11 is 3.42. The van der Waals surface area contributed by atoms with Crippen LogP contribution in [0.15, 0.2) is 53.0 Å². The molecule has 2 rings (SSSR count). The van der Waals surface area contributed by atoms with Gasteiger partial charge in [-0.15, -0.1) is 0 Å². The molecule has 0 heterocycles. The third-order valence-electron chi connectivity index (χ3n) is 3.14. The second kappa shape index (κ2) is 7.69. The third-order valence-corrected chi connectivity index (χ3v) is 3.67. The highest BCUT2D eigenvalue weighted by molar-refractivity contribution is 9.10. The van der Waals surface area contributed by atoms with Crippen LogP contribution < -0.4 is 0 Å². The molecule has 112 valence electrons. The average molecular weight is 352 g/mol. The summed E-state index contributed by atoms with van der Waals surface area (Å²) in [7, 11) is 4.00. The van der Waals surface area contributed by atoms with Gasteiger partial charge in [-0.2, -0.15) is 0 Å². The highest BCUT2D eigenvalue weighted by Gasteiger charge is 2.13. The van der Waals surface area contributed by atoms with E-state index in [4.69, 9.17) is 4.74 Å². The van der Waals surface area contributed by atoms with E-state index in [0.717, 1.165) is 22.1 Å². The number of likely N-dealkylation sites (N-methyl/N-ethyl adjacent to an activating group) is 1. The Morgan fingerprint density at radius 3 is 2.24 bits per heavy atom. The van der Waals surface area contributed by atoms with Crippen LogP contribution in [0, 0.1) is 5.82 Å². The predicted molar refractivity (Wildman–Crippen MR) is 86.6 cm³/mol. The van der Waals surface area contributed by atoms with Crippen molar-refractivity contribution in [1.82, 2.24) is 4.90 Å². The molecule has 2 nitrogen and oxygen atoms in total. The minimum atomic E-state index is -0.227. The van der Waals surface area contributed by atoms with Crippen molar-refractivity contribution in [2.75, 3.05) is 20.6 Å². The molecule has 0 fully saturated rings. The normalized spacial score (nSPS) is 12.6. The Bertz CT molecular complexity index is 554. The topological polar surface area (TPSA) is 12.5 Å². The molecule has 0 bridgehead atoms. The van der Waals surface area contributed by atoms with E-state index in [1.807, 2.05) is 38.4 Å². The van der Waals surface area contributed by atoms with Crippen LogP contribution in [-0.4, -0.2) is 25.5 Å². The van der Waals surface area contributed by atoms with Gasteiger partial charge in [-0.05, 0) is 49.5 Å². The molecule has 0 amide bonds. The summed E-state index contributed by atoms with van der Waals surface area (Å²) in [4.78, 5) is 2.07. The Labute approximate surface area is 133 Å². The molecule has 2 aromatic rings. The largest absolute Gasteiger partial charge is 0.368 e. The SMILES string of the molecule is CN(C)CC(OCc1ccc(Br)cc1)c1ccc(F)cc1. The minimum absolute atomic E-state index is 0.0794. The lowest BCUT2D eigenvalue weighted by Crippen LogP contribution is -2.22. The Morgan fingerprint density at radius 1 is 1.05 bits per heavy atom. The summed E-state index contributed by atoms with van der Waals surface area (Å²) in [6.07, 6.45) is -0.0794. The maximum atomic E-state index is 13.0. The molecule has 0 aliphatic heterocycles. The number of rotatable bonds is 6. The van der Waals surface area contributed by atoms with Crippen LogP contribution in [0.4, 0.5) is 4.39 Å². The number of hydrogen-bond donors (Lipinski definition) is 0. The Kier molecular flexibility index (Phi) is 5.91. The van der Waals surface area contributed by atoms with Crippen LogP contribution in [0.1, 0.15) is 17.2 Å². The highest BCUT2D eigenvalue weighted by atomic mass is 79.9. The average Bonchev–Trinajstić information content (AvgIpc) is 2.46. The Hall–Kier alpha value is -1.23. The lowest BCUT2D eigenvalue weighted by Gasteiger charge is -2.22. The summed E-state index contributed by atoms with van der Waals surface area (Å²) in [6, 6.07) is 14.6. The van der Waals surface area contributed by atoms with E-state index in [2.05, 4.69) is 20.8 Å². The predicted octanol–water partition coefficient (Wildman–Crippen LogP) is 4.41. The van der Waals surface area contributed by atoms with E-state index < -0.39 is 0 Å². The molecular formula is C17H19BrFNO. The summed E-state index contributed by atoms with van der Waals surface area (Å²) in [6.45, 7) is 1.28. The van der Waals surface area contributed by atoms with Gasteiger partial charge < -0.3 is 9.64 Å². The van der Waals surface area contributed by atoms with Crippen LogP contribution in [-0.2, 0) is 11.3 Å². The van der Waals surface area contributed by atoms with Crippen molar-refractivity contribution in [3.05, 3.63) is 69.9 Å². The summed E-state index contributed by atoms with van der Waals surface area (Å²) < 4.78 is 20.1. The zero-order valence-corrected chi connectivity index (χ0v) is 13.8. The molecule has 0 spiro atoms. The molecule has 4 heteroatoms. The van der Waals surface area contributed by atoms with Gasteiger partial charge in [0.2, 0.25) is 0 Å². The molecule has 1 unspecified atom stereocenters. The van der Waals surface area contributed by atoms with Crippen LogP contribution in [0.3, 0.4) is 0 Å². The van der Waals surface area contributed by atoms with Crippen molar-refractivity contribution in [1.29, 1.82) is 0 Å². The maximum Gasteiger partial charge on any atom is 0.123 e. The van der Waals surface area contributed by atoms with Gasteiger partial charge in [0.15, 0.2) is 0 Å². The zero-order valence-electron chi connectivity index (χ0n) is 12.2. The van der Waals surface area contributed by atoms with E-state index in [9.17, 15) is 4.39 Å². The summed E-state index contributed by atoms with van der Waals surface area (Å²) in [5.74, 6) is -0.227. The van der Waals surface area contributed by atoms with Crippen LogP contribution >= 0.6 is 15.9 Å². The zero-order chi connectivity index (χ0) is 15.2. The van der Waals surface area contributed by atoms with Crippen molar-refractivity contribution in [3.63, 3.8) is 0 Å². The van der Waals surface area contributed by atoms with Gasteiger partial charge in [-0.25, -0.2) is 4.39 Å². The first-order chi connectivity index (χ1) is 10.0. The molecule has 1 atom stereocenters. The van der Waals surface area contributed by atoms with E-state index >= 15 is 0 Å². The van der Waals surface area contributed by atoms with Gasteiger partial charge in [-0.1, -0.05) is 40.2 Å². The highest BCUT2D eigenvalue weighted by Crippen LogP contribution is 2.21. The van der Waals surface area contributed by atoms with E-state index in [1.54, 1.807) is 12.1 Å². The van der Waals surface area contributed by atoms with Gasteiger partial charge in [0.05, 0.1) is 12.7 Å². The summed E-state index contributed by atoms with van der Waals surface area (Å²) in [5, 5.41) is 0. The van der Waals surface area contributed by atoms with Crippen LogP contribution in [0.2, 0.25) is 0 Å². The Morgan fingerprint density at radius 2 is 1.67 bits per heavy atom. The van der Waals surface area contributed by atoms with E-state index in [1.165, 1.54) is 12.1 Å². The van der Waals surface area contributed by atoms with Crippen molar-refractivity contribution in [2.24, 2.45) is 0 Å². The minimum Gasteiger partial charge on any atom is -0.368 e. The quantitative estimate of drug-likeness (QED) is 0.764. The third kappa shape index (κ3) is 5.23. The second-order valence-corrected chi connectivity index (χ2v) is 6.16. The molecule has 21 heavy (non-hydrogen) atoms. The number of benzene rings is 2. The molecule has 0 N–H and O–H groups in total. The number of halogens is 2. The van der Waals surface area contributed by atoms with Crippen molar-refractivity contribution in [2.45, 2.75) is 12.7 Å². The monoisotopic (exact) mass is 351 g/mol. The molecule has 0 aliphatic carbocycles. The molecule has 0 saturated carbocycles. The van der Waals surface area contributed by atoms with Crippen molar-refractivity contribution >= 4 is 15.9 Å². The molecule has 2 aromatic carbocycles. The van der Waals surface area contributed by atoms with Gasteiger partial charge in [0, 0.05) is 11.0 Å². The fraction of sp³-hybridized carbons (Fsp3) is 0.294. The lowest BCUT2D eigenvalue weighted by molar-refractivity contribution is 0.0229. The van der Waals surface area contributed by atoms with Gasteiger partial charge in [0.1, 0.15) is 5.82 Å². The first-order valence-corrected chi connectivity index (χ1v) is 7.60. The number of nitrogens with zero attached hydrogens (tertiary/aromatic N) is 1. The van der Waals surface area contributed by atoms with E-state index in [0.29, 0.717) is 6.61 Å². The summed E-state index contributed by atoms with van der Waals surface area (Å²) in [5.41, 5.74) is 2.10. The molecule has 0 aliphatic rings. The number of ether oxygens (including phenoxy) is 1. The molecule has 0 saturated heterocycles. The molecule has 0 aromatic heterocycles. The second-order valence-electron chi connectivity index (χ2n) is 5.24. The Balaban J connectivity index is 2.05. The van der Waals surface area contributed by atoms with Crippen molar-refractivity contribution < 1.29 is 9.13 Å². The smallest absolute Gasteiger partial charge is 0.123 e. The maximum absolute atomic E-state index is 13.0. The molecule has 0 radical (unpaired) electrons.